The fourth-order valence-corrected chi connectivity index (χ4v) is 2.86. The summed E-state index contributed by atoms with van der Waals surface area (Å²) in [6, 6.07) is 14.3. The van der Waals surface area contributed by atoms with Crippen molar-refractivity contribution in [3.63, 3.8) is 0 Å². The fraction of sp³-hybridized carbons (Fsp3) is 0.238. The zero-order chi connectivity index (χ0) is 18.5. The number of furan rings is 1. The van der Waals surface area contributed by atoms with Crippen LogP contribution < -0.4 is 4.74 Å². The number of carbonyl (C=O) groups excluding carboxylic acids is 2. The minimum atomic E-state index is -0.316. The lowest BCUT2D eigenvalue weighted by Crippen LogP contribution is -2.08. The zero-order valence-electron chi connectivity index (χ0n) is 14.8. The molecule has 134 valence electrons. The lowest BCUT2D eigenvalue weighted by atomic mass is 9.98. The number of aryl methyl sites for hydroxylation is 1. The molecule has 1 aromatic heterocycles. The molecule has 0 spiro atoms. The van der Waals surface area contributed by atoms with E-state index in [-0.39, 0.29) is 18.2 Å². The van der Waals surface area contributed by atoms with Crippen LogP contribution in [0.15, 0.2) is 52.9 Å². The number of carbonyl (C=O) groups is 2. The van der Waals surface area contributed by atoms with Crippen molar-refractivity contribution in [1.82, 2.24) is 0 Å². The van der Waals surface area contributed by atoms with E-state index in [1.165, 1.54) is 0 Å². The number of ketones is 1. The molecular formula is C21H20O5. The third kappa shape index (κ3) is 3.61. The molecule has 0 aliphatic carbocycles. The largest absolute Gasteiger partial charge is 0.497 e. The zero-order valence-corrected chi connectivity index (χ0v) is 14.8. The topological polar surface area (TPSA) is 65.7 Å². The lowest BCUT2D eigenvalue weighted by Gasteiger charge is -2.04. The number of hydrogen-bond donors (Lipinski definition) is 0. The number of hydrogen-bond acceptors (Lipinski definition) is 5. The van der Waals surface area contributed by atoms with Gasteiger partial charge in [-0.25, -0.2) is 0 Å². The van der Waals surface area contributed by atoms with Gasteiger partial charge in [0.1, 0.15) is 17.1 Å². The number of methoxy groups -OCH3 is 1. The molecule has 0 radical (unpaired) electrons. The molecule has 5 heteroatoms. The summed E-state index contributed by atoms with van der Waals surface area (Å²) in [5.74, 6) is 0.660. The molecule has 0 atom stereocenters. The van der Waals surface area contributed by atoms with Crippen LogP contribution in [0.1, 0.15) is 35.0 Å². The summed E-state index contributed by atoms with van der Waals surface area (Å²) in [5.41, 5.74) is 1.62. The third-order valence-electron chi connectivity index (χ3n) is 4.09. The Kier molecular flexibility index (Phi) is 5.37. The van der Waals surface area contributed by atoms with Crippen molar-refractivity contribution in [2.75, 3.05) is 13.7 Å². The maximum absolute atomic E-state index is 13.1. The van der Waals surface area contributed by atoms with Crippen LogP contribution in [0.25, 0.3) is 11.0 Å². The number of esters is 1. The van der Waals surface area contributed by atoms with Gasteiger partial charge in [0.2, 0.25) is 0 Å². The van der Waals surface area contributed by atoms with Gasteiger partial charge in [-0.15, -0.1) is 0 Å². The van der Waals surface area contributed by atoms with Gasteiger partial charge in [0.15, 0.2) is 5.78 Å². The normalized spacial score (nSPS) is 10.7. The molecule has 0 unspecified atom stereocenters. The van der Waals surface area contributed by atoms with Gasteiger partial charge in [-0.1, -0.05) is 30.3 Å². The van der Waals surface area contributed by atoms with Crippen LogP contribution in [0.2, 0.25) is 0 Å². The summed E-state index contributed by atoms with van der Waals surface area (Å²) >= 11 is 0. The third-order valence-corrected chi connectivity index (χ3v) is 4.09. The molecule has 0 aliphatic rings. The Morgan fingerprint density at radius 1 is 1.08 bits per heavy atom. The second-order valence-electron chi connectivity index (χ2n) is 5.76. The van der Waals surface area contributed by atoms with Crippen molar-refractivity contribution in [2.24, 2.45) is 0 Å². The Morgan fingerprint density at radius 2 is 1.85 bits per heavy atom. The van der Waals surface area contributed by atoms with Gasteiger partial charge in [0, 0.05) is 17.4 Å². The van der Waals surface area contributed by atoms with Crippen molar-refractivity contribution >= 4 is 22.7 Å². The molecule has 5 nitrogen and oxygen atoms in total. The minimum Gasteiger partial charge on any atom is -0.497 e. The van der Waals surface area contributed by atoms with Crippen LogP contribution in [0, 0.1) is 0 Å². The predicted octanol–water partition coefficient (Wildman–Crippen LogP) is 4.17. The molecule has 3 rings (SSSR count). The first kappa shape index (κ1) is 17.7. The van der Waals surface area contributed by atoms with E-state index in [0.29, 0.717) is 46.6 Å². The molecule has 0 N–H and O–H groups in total. The minimum absolute atomic E-state index is 0.142. The van der Waals surface area contributed by atoms with Crippen LogP contribution in [0.5, 0.6) is 5.75 Å². The van der Waals surface area contributed by atoms with Crippen LogP contribution >= 0.6 is 0 Å². The van der Waals surface area contributed by atoms with Gasteiger partial charge in [0.25, 0.3) is 0 Å². The molecule has 0 fully saturated rings. The lowest BCUT2D eigenvalue weighted by molar-refractivity contribution is -0.143. The Hall–Kier alpha value is -3.08. The maximum Gasteiger partial charge on any atom is 0.306 e. The van der Waals surface area contributed by atoms with Gasteiger partial charge in [-0.2, -0.15) is 0 Å². The number of fused-ring (bicyclic) bond motifs is 1. The average molecular weight is 352 g/mol. The van der Waals surface area contributed by atoms with Crippen molar-refractivity contribution in [1.29, 1.82) is 0 Å². The van der Waals surface area contributed by atoms with Gasteiger partial charge in [-0.3, -0.25) is 9.59 Å². The second kappa shape index (κ2) is 7.87. The predicted molar refractivity (Wildman–Crippen MR) is 97.6 cm³/mol. The van der Waals surface area contributed by atoms with Crippen molar-refractivity contribution < 1.29 is 23.5 Å². The highest BCUT2D eigenvalue weighted by molar-refractivity contribution is 6.17. The van der Waals surface area contributed by atoms with E-state index < -0.39 is 0 Å². The number of benzene rings is 2. The van der Waals surface area contributed by atoms with Crippen LogP contribution in [-0.2, 0) is 16.0 Å². The summed E-state index contributed by atoms with van der Waals surface area (Å²) in [6.45, 7) is 2.09. The van der Waals surface area contributed by atoms with E-state index in [1.807, 2.05) is 18.2 Å². The van der Waals surface area contributed by atoms with E-state index in [9.17, 15) is 9.59 Å². The Balaban J connectivity index is 2.05. The van der Waals surface area contributed by atoms with Gasteiger partial charge < -0.3 is 13.9 Å². The van der Waals surface area contributed by atoms with Crippen molar-refractivity contribution in [3.05, 3.63) is 65.4 Å². The summed E-state index contributed by atoms with van der Waals surface area (Å²) in [4.78, 5) is 24.8. The molecule has 0 saturated heterocycles. The van der Waals surface area contributed by atoms with Gasteiger partial charge in [0.05, 0.1) is 25.7 Å². The molecule has 1 heterocycles. The van der Waals surface area contributed by atoms with Crippen molar-refractivity contribution in [3.8, 4) is 5.75 Å². The van der Waals surface area contributed by atoms with E-state index in [1.54, 1.807) is 44.4 Å². The Labute approximate surface area is 151 Å². The highest BCUT2D eigenvalue weighted by atomic mass is 16.5. The molecule has 0 amide bonds. The average Bonchev–Trinajstić information content (AvgIpc) is 3.04. The van der Waals surface area contributed by atoms with E-state index in [0.717, 1.165) is 0 Å². The summed E-state index contributed by atoms with van der Waals surface area (Å²) < 4.78 is 16.1. The molecule has 0 saturated carbocycles. The van der Waals surface area contributed by atoms with Gasteiger partial charge >= 0.3 is 5.97 Å². The second-order valence-corrected chi connectivity index (χ2v) is 5.76. The first-order valence-electron chi connectivity index (χ1n) is 8.48. The molecule has 0 aliphatic heterocycles. The monoisotopic (exact) mass is 352 g/mol. The van der Waals surface area contributed by atoms with E-state index in [4.69, 9.17) is 13.9 Å². The van der Waals surface area contributed by atoms with Crippen LogP contribution in [-0.4, -0.2) is 25.5 Å². The summed E-state index contributed by atoms with van der Waals surface area (Å²) in [6.07, 6.45) is 0.448. The number of ether oxygens (including phenoxy) is 2. The van der Waals surface area contributed by atoms with Crippen molar-refractivity contribution in [2.45, 2.75) is 19.8 Å². The smallest absolute Gasteiger partial charge is 0.306 e. The molecule has 3 aromatic rings. The molecule has 0 bridgehead atoms. The summed E-state index contributed by atoms with van der Waals surface area (Å²) in [7, 11) is 1.57. The van der Waals surface area contributed by atoms with E-state index >= 15 is 0 Å². The van der Waals surface area contributed by atoms with E-state index in [2.05, 4.69) is 0 Å². The molecular weight excluding hydrogens is 332 g/mol. The quantitative estimate of drug-likeness (QED) is 0.472. The molecule has 26 heavy (non-hydrogen) atoms. The number of rotatable bonds is 7. The van der Waals surface area contributed by atoms with Crippen LogP contribution in [0.4, 0.5) is 0 Å². The summed E-state index contributed by atoms with van der Waals surface area (Å²) in [5, 5.41) is 0.678. The van der Waals surface area contributed by atoms with Crippen LogP contribution in [0.3, 0.4) is 0 Å². The molecule has 2 aromatic carbocycles. The maximum atomic E-state index is 13.1. The fourth-order valence-electron chi connectivity index (χ4n) is 2.86. The SMILES string of the molecule is CCOC(=O)CCc1oc2ccc(OC)cc2c1C(=O)c1ccccc1. The first-order valence-corrected chi connectivity index (χ1v) is 8.48. The standard InChI is InChI=1S/C21H20O5/c1-3-25-19(22)12-11-18-20(21(23)14-7-5-4-6-8-14)16-13-15(24-2)9-10-17(16)26-18/h4-10,13H,3,11-12H2,1-2H3. The first-order chi connectivity index (χ1) is 12.6. The Morgan fingerprint density at radius 3 is 2.54 bits per heavy atom. The highest BCUT2D eigenvalue weighted by Crippen LogP contribution is 2.32. The highest BCUT2D eigenvalue weighted by Gasteiger charge is 2.23. The van der Waals surface area contributed by atoms with Gasteiger partial charge in [-0.05, 0) is 25.1 Å². The Bertz CT molecular complexity index is 924.